The molecule has 0 saturated carbocycles. The predicted octanol–water partition coefficient (Wildman–Crippen LogP) is 3.96. The number of nitrogens with two attached hydrogens (primary N) is 1. The second-order valence-corrected chi connectivity index (χ2v) is 9.19. The van der Waals surface area contributed by atoms with Gasteiger partial charge in [0, 0.05) is 26.0 Å². The van der Waals surface area contributed by atoms with E-state index in [0.29, 0.717) is 5.92 Å². The molecule has 5 heteroatoms. The van der Waals surface area contributed by atoms with Gasteiger partial charge in [0.15, 0.2) is 0 Å². The van der Waals surface area contributed by atoms with Crippen LogP contribution in [0.5, 0.6) is 0 Å². The van der Waals surface area contributed by atoms with Crippen LogP contribution < -0.4 is 5.73 Å². The van der Waals surface area contributed by atoms with Gasteiger partial charge in [0.25, 0.3) is 0 Å². The van der Waals surface area contributed by atoms with Crippen LogP contribution >= 0.6 is 22.6 Å². The standard InChI is InChI=1S/C23H28IN3O/c1-17(2)21-26(3)14-15-27(21)16-20(24)23(22(25)28,18-10-6-4-7-11-18)19-12-8-5-9-13-19/h4-15,17,20-21H,16H2,1-3H3,(H2,25,28). The summed E-state index contributed by atoms with van der Waals surface area (Å²) < 4.78 is -0.0511. The number of amides is 1. The summed E-state index contributed by atoms with van der Waals surface area (Å²) in [6.07, 6.45) is 4.50. The molecule has 0 fully saturated rings. The molecular formula is C23H28IN3O. The van der Waals surface area contributed by atoms with Crippen LogP contribution in [-0.4, -0.2) is 39.4 Å². The van der Waals surface area contributed by atoms with Crippen molar-refractivity contribution >= 4 is 28.5 Å². The van der Waals surface area contributed by atoms with Crippen LogP contribution in [0.1, 0.15) is 25.0 Å². The van der Waals surface area contributed by atoms with Crippen molar-refractivity contribution in [2.24, 2.45) is 11.7 Å². The van der Waals surface area contributed by atoms with Crippen molar-refractivity contribution in [2.45, 2.75) is 29.4 Å². The van der Waals surface area contributed by atoms with E-state index in [1.54, 1.807) is 0 Å². The highest BCUT2D eigenvalue weighted by molar-refractivity contribution is 14.1. The molecule has 28 heavy (non-hydrogen) atoms. The van der Waals surface area contributed by atoms with E-state index >= 15 is 0 Å². The third-order valence-corrected chi connectivity index (χ3v) is 6.86. The quantitative estimate of drug-likeness (QED) is 0.473. The van der Waals surface area contributed by atoms with Crippen molar-refractivity contribution in [1.29, 1.82) is 0 Å². The Balaban J connectivity index is 2.07. The molecule has 2 aromatic carbocycles. The molecule has 1 amide bonds. The predicted molar refractivity (Wildman–Crippen MR) is 123 cm³/mol. The molecular weight excluding hydrogens is 461 g/mol. The SMILES string of the molecule is CC(C)C1N(C)C=CN1CC(I)C(C(N)=O)(c1ccccc1)c1ccccc1. The minimum Gasteiger partial charge on any atom is -0.369 e. The van der Waals surface area contributed by atoms with Gasteiger partial charge in [0.1, 0.15) is 11.6 Å². The smallest absolute Gasteiger partial charge is 0.233 e. The highest BCUT2D eigenvalue weighted by Crippen LogP contribution is 2.41. The van der Waals surface area contributed by atoms with Gasteiger partial charge in [-0.2, -0.15) is 0 Å². The van der Waals surface area contributed by atoms with Crippen LogP contribution in [0.4, 0.5) is 0 Å². The molecule has 0 aliphatic carbocycles. The Morgan fingerprint density at radius 2 is 1.54 bits per heavy atom. The lowest BCUT2D eigenvalue weighted by molar-refractivity contribution is -0.122. The molecule has 1 heterocycles. The highest BCUT2D eigenvalue weighted by Gasteiger charge is 2.47. The lowest BCUT2D eigenvalue weighted by atomic mass is 9.71. The van der Waals surface area contributed by atoms with Crippen LogP contribution in [-0.2, 0) is 10.2 Å². The van der Waals surface area contributed by atoms with Crippen LogP contribution in [0.25, 0.3) is 0 Å². The first-order valence-corrected chi connectivity index (χ1v) is 10.8. The summed E-state index contributed by atoms with van der Waals surface area (Å²) >= 11 is 2.41. The molecule has 0 spiro atoms. The zero-order valence-electron chi connectivity index (χ0n) is 16.6. The lowest BCUT2D eigenvalue weighted by Crippen LogP contribution is -2.54. The van der Waals surface area contributed by atoms with Gasteiger partial charge in [0.2, 0.25) is 5.91 Å². The first-order valence-electron chi connectivity index (χ1n) is 9.60. The number of halogens is 1. The van der Waals surface area contributed by atoms with Crippen molar-refractivity contribution in [3.8, 4) is 0 Å². The summed E-state index contributed by atoms with van der Waals surface area (Å²) in [7, 11) is 2.10. The first kappa shape index (κ1) is 20.7. The fraction of sp³-hybridized carbons (Fsp3) is 0.348. The van der Waals surface area contributed by atoms with E-state index in [9.17, 15) is 4.79 Å². The largest absolute Gasteiger partial charge is 0.369 e. The van der Waals surface area contributed by atoms with Crippen LogP contribution in [0.15, 0.2) is 73.1 Å². The van der Waals surface area contributed by atoms with Gasteiger partial charge < -0.3 is 15.5 Å². The Labute approximate surface area is 181 Å². The van der Waals surface area contributed by atoms with E-state index in [1.165, 1.54) is 0 Å². The number of carbonyl (C=O) groups excluding carboxylic acids is 1. The van der Waals surface area contributed by atoms with Gasteiger partial charge in [-0.1, -0.05) is 97.1 Å². The molecule has 0 saturated heterocycles. The zero-order chi connectivity index (χ0) is 20.3. The van der Waals surface area contributed by atoms with E-state index in [0.717, 1.165) is 17.7 Å². The summed E-state index contributed by atoms with van der Waals surface area (Å²) in [5.74, 6) is 0.141. The summed E-state index contributed by atoms with van der Waals surface area (Å²) in [5, 5.41) is 0. The number of benzene rings is 2. The molecule has 1 aliphatic rings. The van der Waals surface area contributed by atoms with E-state index in [1.807, 2.05) is 60.7 Å². The Morgan fingerprint density at radius 3 is 1.96 bits per heavy atom. The molecule has 1 aliphatic heterocycles. The summed E-state index contributed by atoms with van der Waals surface area (Å²) in [5.41, 5.74) is 7.11. The summed E-state index contributed by atoms with van der Waals surface area (Å²) in [6.45, 7) is 5.16. The number of alkyl halides is 1. The van der Waals surface area contributed by atoms with Crippen LogP contribution in [0, 0.1) is 5.92 Å². The Morgan fingerprint density at radius 1 is 1.04 bits per heavy atom. The minimum absolute atomic E-state index is 0.0511. The number of hydrogen-bond donors (Lipinski definition) is 1. The Kier molecular flexibility index (Phi) is 6.33. The van der Waals surface area contributed by atoms with E-state index < -0.39 is 5.41 Å². The zero-order valence-corrected chi connectivity index (χ0v) is 18.8. The maximum Gasteiger partial charge on any atom is 0.233 e. The highest BCUT2D eigenvalue weighted by atomic mass is 127. The summed E-state index contributed by atoms with van der Waals surface area (Å²) in [4.78, 5) is 17.6. The number of carbonyl (C=O) groups is 1. The molecule has 2 unspecified atom stereocenters. The van der Waals surface area contributed by atoms with Crippen molar-refractivity contribution in [1.82, 2.24) is 9.80 Å². The Bertz CT molecular complexity index is 783. The van der Waals surface area contributed by atoms with Crippen molar-refractivity contribution in [2.75, 3.05) is 13.6 Å². The van der Waals surface area contributed by atoms with E-state index in [2.05, 4.69) is 65.7 Å². The maximum atomic E-state index is 13.1. The minimum atomic E-state index is -0.903. The first-order chi connectivity index (χ1) is 13.4. The van der Waals surface area contributed by atoms with Crippen molar-refractivity contribution in [3.05, 3.63) is 84.2 Å². The van der Waals surface area contributed by atoms with Gasteiger partial charge >= 0.3 is 0 Å². The summed E-state index contributed by atoms with van der Waals surface area (Å²) in [6, 6.07) is 19.9. The Hall–Kier alpha value is -2.02. The van der Waals surface area contributed by atoms with Gasteiger partial charge in [-0.3, -0.25) is 4.79 Å². The molecule has 3 rings (SSSR count). The molecule has 0 radical (unpaired) electrons. The normalized spacial score (nSPS) is 18.0. The third kappa shape index (κ3) is 3.64. The number of rotatable bonds is 7. The van der Waals surface area contributed by atoms with E-state index in [4.69, 9.17) is 5.73 Å². The van der Waals surface area contributed by atoms with Gasteiger partial charge in [-0.15, -0.1) is 0 Å². The fourth-order valence-electron chi connectivity index (χ4n) is 4.31. The maximum absolute atomic E-state index is 13.1. The second kappa shape index (κ2) is 8.55. The molecule has 2 aromatic rings. The molecule has 2 atom stereocenters. The van der Waals surface area contributed by atoms with Crippen molar-refractivity contribution in [3.63, 3.8) is 0 Å². The molecule has 4 nitrogen and oxygen atoms in total. The van der Waals surface area contributed by atoms with Crippen molar-refractivity contribution < 1.29 is 4.79 Å². The van der Waals surface area contributed by atoms with Gasteiger partial charge in [-0.05, 0) is 17.0 Å². The third-order valence-electron chi connectivity index (χ3n) is 5.53. The lowest BCUT2D eigenvalue weighted by Gasteiger charge is -2.41. The van der Waals surface area contributed by atoms with Crippen LogP contribution in [0.2, 0.25) is 0 Å². The average Bonchev–Trinajstić information content (AvgIpc) is 3.04. The fourth-order valence-corrected chi connectivity index (χ4v) is 5.80. The molecule has 0 aromatic heterocycles. The molecule has 2 N–H and O–H groups in total. The number of primary amides is 1. The number of hydrogen-bond acceptors (Lipinski definition) is 3. The van der Waals surface area contributed by atoms with Gasteiger partial charge in [-0.25, -0.2) is 0 Å². The van der Waals surface area contributed by atoms with Gasteiger partial charge in [0.05, 0.1) is 3.92 Å². The van der Waals surface area contributed by atoms with E-state index in [-0.39, 0.29) is 16.0 Å². The average molecular weight is 489 g/mol. The monoisotopic (exact) mass is 489 g/mol. The second-order valence-electron chi connectivity index (χ2n) is 7.69. The molecule has 0 bridgehead atoms. The molecule has 148 valence electrons. The van der Waals surface area contributed by atoms with Crippen LogP contribution in [0.3, 0.4) is 0 Å². The number of nitrogens with zero attached hydrogens (tertiary/aromatic N) is 2. The topological polar surface area (TPSA) is 49.6 Å².